The Labute approximate surface area is 98.4 Å². The third-order valence-electron chi connectivity index (χ3n) is 1.54. The lowest BCUT2D eigenvalue weighted by Gasteiger charge is -2.19. The van der Waals surface area contributed by atoms with Crippen LogP contribution < -0.4 is 0 Å². The maximum atomic E-state index is 5.63. The fraction of sp³-hybridized carbons (Fsp3) is 0.455. The summed E-state index contributed by atoms with van der Waals surface area (Å²) in [5, 5.41) is 0. The van der Waals surface area contributed by atoms with Crippen LogP contribution in [0.25, 0.3) is 0 Å². The standard InChI is InChI=1S/C11H15BrOS/c1-11(2,3)13-8-14-10-7-5-4-6-9(10)12/h4-7H,8H2,1-3H3. The first-order valence-electron chi connectivity index (χ1n) is 4.50. The molecule has 0 radical (unpaired) electrons. The van der Waals surface area contributed by atoms with E-state index >= 15 is 0 Å². The first-order chi connectivity index (χ1) is 6.49. The molecular formula is C11H15BrOS. The van der Waals surface area contributed by atoms with Gasteiger partial charge in [-0.15, -0.1) is 0 Å². The third kappa shape index (κ3) is 4.49. The maximum Gasteiger partial charge on any atom is 0.0974 e. The summed E-state index contributed by atoms with van der Waals surface area (Å²) in [5.74, 6) is 0.687. The van der Waals surface area contributed by atoms with Crippen LogP contribution in [0, 0.1) is 0 Å². The van der Waals surface area contributed by atoms with Crippen LogP contribution in [0.5, 0.6) is 0 Å². The summed E-state index contributed by atoms with van der Waals surface area (Å²) in [6.07, 6.45) is 0. The Morgan fingerprint density at radius 3 is 2.50 bits per heavy atom. The van der Waals surface area contributed by atoms with Gasteiger partial charge in [-0.1, -0.05) is 23.9 Å². The van der Waals surface area contributed by atoms with Gasteiger partial charge in [0.1, 0.15) is 0 Å². The van der Waals surface area contributed by atoms with Crippen molar-refractivity contribution in [3.8, 4) is 0 Å². The molecule has 14 heavy (non-hydrogen) atoms. The van der Waals surface area contributed by atoms with E-state index in [0.717, 1.165) is 4.47 Å². The minimum Gasteiger partial charge on any atom is -0.365 e. The first-order valence-corrected chi connectivity index (χ1v) is 6.28. The van der Waals surface area contributed by atoms with E-state index in [9.17, 15) is 0 Å². The number of hydrogen-bond acceptors (Lipinski definition) is 2. The topological polar surface area (TPSA) is 9.23 Å². The number of halogens is 1. The second-order valence-corrected chi connectivity index (χ2v) is 5.77. The van der Waals surface area contributed by atoms with E-state index in [-0.39, 0.29) is 5.60 Å². The van der Waals surface area contributed by atoms with Gasteiger partial charge in [0.15, 0.2) is 0 Å². The molecule has 1 rings (SSSR count). The zero-order chi connectivity index (χ0) is 10.6. The molecule has 0 amide bonds. The maximum absolute atomic E-state index is 5.63. The lowest BCUT2D eigenvalue weighted by atomic mass is 10.2. The zero-order valence-corrected chi connectivity index (χ0v) is 11.1. The molecule has 0 aliphatic heterocycles. The minimum absolute atomic E-state index is 0.0613. The van der Waals surface area contributed by atoms with E-state index in [4.69, 9.17) is 4.74 Å². The summed E-state index contributed by atoms with van der Waals surface area (Å²) in [6.45, 7) is 6.19. The Balaban J connectivity index is 2.43. The predicted molar refractivity (Wildman–Crippen MR) is 65.7 cm³/mol. The molecular weight excluding hydrogens is 260 g/mol. The summed E-state index contributed by atoms with van der Waals surface area (Å²) in [7, 11) is 0. The van der Waals surface area contributed by atoms with Crippen molar-refractivity contribution in [3.63, 3.8) is 0 Å². The molecule has 1 aromatic rings. The largest absolute Gasteiger partial charge is 0.365 e. The monoisotopic (exact) mass is 274 g/mol. The second kappa shape index (κ2) is 5.19. The van der Waals surface area contributed by atoms with Gasteiger partial charge in [0, 0.05) is 9.37 Å². The molecule has 0 fully saturated rings. The van der Waals surface area contributed by atoms with Crippen LogP contribution in [0.4, 0.5) is 0 Å². The normalized spacial score (nSPS) is 11.7. The Bertz CT molecular complexity index is 294. The van der Waals surface area contributed by atoms with Crippen LogP contribution in [0.3, 0.4) is 0 Å². The van der Waals surface area contributed by atoms with Gasteiger partial charge in [-0.3, -0.25) is 0 Å². The molecule has 0 aliphatic rings. The molecule has 0 N–H and O–H groups in total. The molecule has 78 valence electrons. The van der Waals surface area contributed by atoms with Crippen molar-refractivity contribution in [2.75, 3.05) is 5.94 Å². The smallest absolute Gasteiger partial charge is 0.0974 e. The van der Waals surface area contributed by atoms with Gasteiger partial charge < -0.3 is 4.74 Å². The highest BCUT2D eigenvalue weighted by molar-refractivity contribution is 9.10. The fourth-order valence-corrected chi connectivity index (χ4v) is 2.38. The van der Waals surface area contributed by atoms with Crippen LogP contribution in [0.2, 0.25) is 0 Å². The number of ether oxygens (including phenoxy) is 1. The minimum atomic E-state index is -0.0613. The van der Waals surface area contributed by atoms with Crippen molar-refractivity contribution in [2.24, 2.45) is 0 Å². The van der Waals surface area contributed by atoms with E-state index < -0.39 is 0 Å². The van der Waals surface area contributed by atoms with Crippen LogP contribution in [-0.4, -0.2) is 11.5 Å². The van der Waals surface area contributed by atoms with Crippen LogP contribution in [-0.2, 0) is 4.74 Å². The zero-order valence-electron chi connectivity index (χ0n) is 8.71. The van der Waals surface area contributed by atoms with Gasteiger partial charge in [0.2, 0.25) is 0 Å². The first kappa shape index (κ1) is 12.1. The lowest BCUT2D eigenvalue weighted by molar-refractivity contribution is 0.0287. The molecule has 0 aromatic heterocycles. The fourth-order valence-electron chi connectivity index (χ4n) is 0.832. The Kier molecular flexibility index (Phi) is 4.48. The van der Waals surface area contributed by atoms with Crippen molar-refractivity contribution in [3.05, 3.63) is 28.7 Å². The number of benzene rings is 1. The predicted octanol–water partition coefficient (Wildman–Crippen LogP) is 4.31. The van der Waals surface area contributed by atoms with E-state index in [1.54, 1.807) is 11.8 Å². The summed E-state index contributed by atoms with van der Waals surface area (Å²) in [5.41, 5.74) is -0.0613. The van der Waals surface area contributed by atoms with Crippen molar-refractivity contribution in [1.29, 1.82) is 0 Å². The Morgan fingerprint density at radius 2 is 1.93 bits per heavy atom. The highest BCUT2D eigenvalue weighted by atomic mass is 79.9. The summed E-state index contributed by atoms with van der Waals surface area (Å²) >= 11 is 5.21. The average molecular weight is 275 g/mol. The van der Waals surface area contributed by atoms with Gasteiger partial charge in [0.25, 0.3) is 0 Å². The number of rotatable bonds is 3. The van der Waals surface area contributed by atoms with E-state index in [1.807, 2.05) is 18.2 Å². The van der Waals surface area contributed by atoms with Crippen LogP contribution >= 0.6 is 27.7 Å². The molecule has 0 aliphatic carbocycles. The van der Waals surface area contributed by atoms with Crippen LogP contribution in [0.15, 0.2) is 33.6 Å². The third-order valence-corrected chi connectivity index (χ3v) is 3.40. The average Bonchev–Trinajstić information content (AvgIpc) is 2.06. The summed E-state index contributed by atoms with van der Waals surface area (Å²) < 4.78 is 6.76. The number of thioether (sulfide) groups is 1. The Morgan fingerprint density at radius 1 is 1.29 bits per heavy atom. The molecule has 3 heteroatoms. The van der Waals surface area contributed by atoms with Crippen molar-refractivity contribution < 1.29 is 4.74 Å². The number of hydrogen-bond donors (Lipinski definition) is 0. The molecule has 0 saturated heterocycles. The van der Waals surface area contributed by atoms with Crippen LogP contribution in [0.1, 0.15) is 20.8 Å². The van der Waals surface area contributed by atoms with Gasteiger partial charge in [-0.25, -0.2) is 0 Å². The van der Waals surface area contributed by atoms with E-state index in [0.29, 0.717) is 5.94 Å². The molecule has 0 heterocycles. The molecule has 0 atom stereocenters. The van der Waals surface area contributed by atoms with Crippen molar-refractivity contribution in [2.45, 2.75) is 31.3 Å². The molecule has 0 spiro atoms. The molecule has 0 bridgehead atoms. The van der Waals surface area contributed by atoms with Gasteiger partial charge in [0.05, 0.1) is 11.5 Å². The Hall–Kier alpha value is 0.01000. The van der Waals surface area contributed by atoms with Crippen molar-refractivity contribution in [1.82, 2.24) is 0 Å². The quantitative estimate of drug-likeness (QED) is 0.600. The lowest BCUT2D eigenvalue weighted by Crippen LogP contribution is -2.18. The van der Waals surface area contributed by atoms with E-state index in [1.165, 1.54) is 4.90 Å². The molecule has 0 saturated carbocycles. The highest BCUT2D eigenvalue weighted by Gasteiger charge is 2.10. The van der Waals surface area contributed by atoms with Gasteiger partial charge >= 0.3 is 0 Å². The van der Waals surface area contributed by atoms with Gasteiger partial charge in [-0.2, -0.15) is 0 Å². The second-order valence-electron chi connectivity index (χ2n) is 3.95. The molecule has 0 unspecified atom stereocenters. The molecule has 1 nitrogen and oxygen atoms in total. The van der Waals surface area contributed by atoms with E-state index in [2.05, 4.69) is 42.8 Å². The summed E-state index contributed by atoms with van der Waals surface area (Å²) in [6, 6.07) is 8.17. The molecule has 1 aromatic carbocycles. The summed E-state index contributed by atoms with van der Waals surface area (Å²) in [4.78, 5) is 1.22. The van der Waals surface area contributed by atoms with Crippen molar-refractivity contribution >= 4 is 27.7 Å². The highest BCUT2D eigenvalue weighted by Crippen LogP contribution is 2.27. The SMILES string of the molecule is CC(C)(C)OCSc1ccccc1Br. The van der Waals surface area contributed by atoms with Gasteiger partial charge in [-0.05, 0) is 48.8 Å².